The highest BCUT2D eigenvalue weighted by molar-refractivity contribution is 9.10. The van der Waals surface area contributed by atoms with Gasteiger partial charge in [-0.05, 0) is 12.1 Å². The molecule has 16 heavy (non-hydrogen) atoms. The minimum Gasteiger partial charge on any atom is -0.235 e. The normalized spacial score (nSPS) is 10.8. The van der Waals surface area contributed by atoms with Crippen LogP contribution < -0.4 is 0 Å². The molecular weight excluding hydrogens is 301 g/mol. The van der Waals surface area contributed by atoms with Gasteiger partial charge in [-0.3, -0.25) is 0 Å². The van der Waals surface area contributed by atoms with Crippen LogP contribution in [-0.4, -0.2) is 9.78 Å². The molecular formula is C10H6BrClF2N2. The van der Waals surface area contributed by atoms with E-state index < -0.39 is 11.6 Å². The largest absolute Gasteiger partial charge is 0.235 e. The van der Waals surface area contributed by atoms with Crippen molar-refractivity contribution in [2.45, 2.75) is 5.88 Å². The Morgan fingerprint density at radius 1 is 1.31 bits per heavy atom. The SMILES string of the molecule is Fc1cc(Br)cc(F)c1-n1cc(CCl)cn1. The van der Waals surface area contributed by atoms with Crippen LogP contribution in [0.15, 0.2) is 29.0 Å². The van der Waals surface area contributed by atoms with Gasteiger partial charge in [-0.15, -0.1) is 11.6 Å². The van der Waals surface area contributed by atoms with Crippen molar-refractivity contribution in [3.63, 3.8) is 0 Å². The molecule has 1 heterocycles. The van der Waals surface area contributed by atoms with E-state index >= 15 is 0 Å². The number of aromatic nitrogens is 2. The van der Waals surface area contributed by atoms with Crippen LogP contribution in [0.1, 0.15) is 5.56 Å². The predicted molar refractivity (Wildman–Crippen MR) is 60.7 cm³/mol. The Balaban J connectivity index is 2.55. The predicted octanol–water partition coefficient (Wildman–Crippen LogP) is 3.65. The van der Waals surface area contributed by atoms with E-state index in [2.05, 4.69) is 21.0 Å². The molecule has 0 bridgehead atoms. The van der Waals surface area contributed by atoms with Crippen molar-refractivity contribution in [3.05, 3.63) is 46.2 Å². The van der Waals surface area contributed by atoms with Crippen molar-refractivity contribution in [1.82, 2.24) is 9.78 Å². The summed E-state index contributed by atoms with van der Waals surface area (Å²) in [5.41, 5.74) is 0.489. The van der Waals surface area contributed by atoms with Gasteiger partial charge in [0.15, 0.2) is 11.6 Å². The first-order chi connectivity index (χ1) is 7.61. The number of rotatable bonds is 2. The Morgan fingerprint density at radius 2 is 1.94 bits per heavy atom. The lowest BCUT2D eigenvalue weighted by atomic mass is 10.3. The lowest BCUT2D eigenvalue weighted by Gasteiger charge is -2.05. The van der Waals surface area contributed by atoms with Gasteiger partial charge in [-0.2, -0.15) is 5.10 Å². The molecule has 0 radical (unpaired) electrons. The third-order valence-corrected chi connectivity index (χ3v) is 2.77. The number of nitrogens with zero attached hydrogens (tertiary/aromatic N) is 2. The smallest absolute Gasteiger partial charge is 0.153 e. The molecule has 2 nitrogen and oxygen atoms in total. The standard InChI is InChI=1S/C10H6BrClF2N2/c11-7-1-8(13)10(9(14)2-7)16-5-6(3-12)4-15-16/h1-2,4-5H,3H2. The summed E-state index contributed by atoms with van der Waals surface area (Å²) >= 11 is 8.59. The minimum absolute atomic E-state index is 0.209. The van der Waals surface area contributed by atoms with Gasteiger partial charge >= 0.3 is 0 Å². The van der Waals surface area contributed by atoms with Crippen molar-refractivity contribution < 1.29 is 8.78 Å². The number of alkyl halides is 1. The average molecular weight is 308 g/mol. The van der Waals surface area contributed by atoms with E-state index in [4.69, 9.17) is 11.6 Å². The highest BCUT2D eigenvalue weighted by Gasteiger charge is 2.13. The average Bonchev–Trinajstić information content (AvgIpc) is 2.64. The lowest BCUT2D eigenvalue weighted by Crippen LogP contribution is -2.02. The van der Waals surface area contributed by atoms with Crippen LogP contribution >= 0.6 is 27.5 Å². The molecule has 1 aromatic carbocycles. The molecule has 0 aliphatic carbocycles. The number of hydrogen-bond acceptors (Lipinski definition) is 1. The lowest BCUT2D eigenvalue weighted by molar-refractivity contribution is 0.559. The number of halogens is 4. The fourth-order valence-electron chi connectivity index (χ4n) is 1.30. The molecule has 0 atom stereocenters. The molecule has 0 saturated heterocycles. The first kappa shape index (κ1) is 11.5. The van der Waals surface area contributed by atoms with Crippen molar-refractivity contribution in [2.75, 3.05) is 0 Å². The monoisotopic (exact) mass is 306 g/mol. The molecule has 0 aliphatic heterocycles. The highest BCUT2D eigenvalue weighted by atomic mass is 79.9. The van der Waals surface area contributed by atoms with Gasteiger partial charge in [0.1, 0.15) is 5.69 Å². The Labute approximate surface area is 104 Å². The fraction of sp³-hybridized carbons (Fsp3) is 0.100. The summed E-state index contributed by atoms with van der Waals surface area (Å²) in [6, 6.07) is 2.36. The molecule has 1 aromatic heterocycles. The van der Waals surface area contributed by atoms with E-state index in [0.717, 1.165) is 4.68 Å². The van der Waals surface area contributed by atoms with Crippen molar-refractivity contribution in [1.29, 1.82) is 0 Å². The second-order valence-electron chi connectivity index (χ2n) is 3.14. The van der Waals surface area contributed by atoms with Crippen molar-refractivity contribution in [3.8, 4) is 5.69 Å². The molecule has 2 aromatic rings. The van der Waals surface area contributed by atoms with Gasteiger partial charge in [0, 0.05) is 16.2 Å². The minimum atomic E-state index is -0.684. The molecule has 0 saturated carbocycles. The second-order valence-corrected chi connectivity index (χ2v) is 4.33. The Bertz CT molecular complexity index is 504. The van der Waals surface area contributed by atoms with Crippen LogP contribution in [-0.2, 0) is 5.88 Å². The molecule has 0 N–H and O–H groups in total. The summed E-state index contributed by atoms with van der Waals surface area (Å²) in [4.78, 5) is 0. The van der Waals surface area contributed by atoms with E-state index in [1.807, 2.05) is 0 Å². The van der Waals surface area contributed by atoms with Gasteiger partial charge in [0.2, 0.25) is 0 Å². The first-order valence-corrected chi connectivity index (χ1v) is 5.69. The molecule has 6 heteroatoms. The molecule has 0 aliphatic rings. The molecule has 0 amide bonds. The molecule has 2 rings (SSSR count). The van der Waals surface area contributed by atoms with Gasteiger partial charge in [-0.25, -0.2) is 13.5 Å². The van der Waals surface area contributed by atoms with Gasteiger partial charge in [0.05, 0.1) is 12.1 Å². The first-order valence-electron chi connectivity index (χ1n) is 4.36. The van der Waals surface area contributed by atoms with Gasteiger partial charge in [-0.1, -0.05) is 15.9 Å². The topological polar surface area (TPSA) is 17.8 Å². The summed E-state index contributed by atoms with van der Waals surface area (Å²) in [5, 5.41) is 3.85. The quantitative estimate of drug-likeness (QED) is 0.774. The van der Waals surface area contributed by atoms with Crippen LogP contribution in [0.4, 0.5) is 8.78 Å². The Kier molecular flexibility index (Phi) is 3.25. The van der Waals surface area contributed by atoms with E-state index in [9.17, 15) is 8.78 Å². The number of hydrogen-bond donors (Lipinski definition) is 0. The van der Waals surface area contributed by atoms with Gasteiger partial charge in [0.25, 0.3) is 0 Å². The molecule has 0 spiro atoms. The maximum Gasteiger partial charge on any atom is 0.153 e. The van der Waals surface area contributed by atoms with Crippen LogP contribution in [0, 0.1) is 11.6 Å². The summed E-state index contributed by atoms with van der Waals surface area (Å²) in [5.74, 6) is -1.12. The number of benzene rings is 1. The second kappa shape index (κ2) is 4.51. The Hall–Kier alpha value is -0.940. The zero-order valence-electron chi connectivity index (χ0n) is 7.92. The Morgan fingerprint density at radius 3 is 2.44 bits per heavy atom. The maximum atomic E-state index is 13.5. The maximum absolute atomic E-state index is 13.5. The van der Waals surface area contributed by atoms with Gasteiger partial charge < -0.3 is 0 Å². The third-order valence-electron chi connectivity index (χ3n) is 2.00. The van der Waals surface area contributed by atoms with Crippen LogP contribution in [0.25, 0.3) is 5.69 Å². The van der Waals surface area contributed by atoms with E-state index in [1.54, 1.807) is 0 Å². The molecule has 84 valence electrons. The summed E-state index contributed by atoms with van der Waals surface area (Å²) in [6.45, 7) is 0. The van der Waals surface area contributed by atoms with Crippen LogP contribution in [0.2, 0.25) is 0 Å². The van der Waals surface area contributed by atoms with Crippen LogP contribution in [0.5, 0.6) is 0 Å². The van der Waals surface area contributed by atoms with E-state index in [-0.39, 0.29) is 11.6 Å². The summed E-state index contributed by atoms with van der Waals surface area (Å²) in [7, 11) is 0. The summed E-state index contributed by atoms with van der Waals surface area (Å²) < 4.78 is 28.6. The zero-order valence-corrected chi connectivity index (χ0v) is 10.3. The van der Waals surface area contributed by atoms with Crippen molar-refractivity contribution >= 4 is 27.5 Å². The van der Waals surface area contributed by atoms with Crippen molar-refractivity contribution in [2.24, 2.45) is 0 Å². The fourth-order valence-corrected chi connectivity index (χ4v) is 1.84. The molecule has 0 fully saturated rings. The summed E-state index contributed by atoms with van der Waals surface area (Å²) in [6.07, 6.45) is 2.95. The van der Waals surface area contributed by atoms with Crippen LogP contribution in [0.3, 0.4) is 0 Å². The van der Waals surface area contributed by atoms with E-state index in [1.165, 1.54) is 24.5 Å². The zero-order chi connectivity index (χ0) is 11.7. The van der Waals surface area contributed by atoms with E-state index in [0.29, 0.717) is 10.0 Å². The highest BCUT2D eigenvalue weighted by Crippen LogP contribution is 2.22. The molecule has 0 unspecified atom stereocenters. The third kappa shape index (κ3) is 2.10.